The minimum absolute atomic E-state index is 0.248. The van der Waals surface area contributed by atoms with Crippen molar-refractivity contribution in [1.82, 2.24) is 35.3 Å². The van der Waals surface area contributed by atoms with Crippen molar-refractivity contribution < 1.29 is 18.3 Å². The molecule has 13 heteroatoms. The molecule has 45 heavy (non-hydrogen) atoms. The van der Waals surface area contributed by atoms with Gasteiger partial charge >= 0.3 is 0 Å². The van der Waals surface area contributed by atoms with Gasteiger partial charge in [0.1, 0.15) is 22.7 Å². The summed E-state index contributed by atoms with van der Waals surface area (Å²) in [6, 6.07) is 25.4. The van der Waals surface area contributed by atoms with Gasteiger partial charge in [-0.1, -0.05) is 34.7 Å². The van der Waals surface area contributed by atoms with E-state index < -0.39 is 0 Å². The van der Waals surface area contributed by atoms with E-state index >= 15 is 0 Å². The first-order valence-corrected chi connectivity index (χ1v) is 15.6. The number of hydrogen-bond acceptors (Lipinski definition) is 8. The lowest BCUT2D eigenvalue weighted by atomic mass is 10.2. The summed E-state index contributed by atoms with van der Waals surface area (Å²) in [6.45, 7) is 6.52. The summed E-state index contributed by atoms with van der Waals surface area (Å²) in [7, 11) is 0. The third-order valence-electron chi connectivity index (χ3n) is 7.23. The zero-order valence-electron chi connectivity index (χ0n) is 24.3. The number of nitrogens with zero attached hydrogens (tertiary/aromatic N) is 7. The predicted octanol–water partition coefficient (Wildman–Crippen LogP) is 5.17. The first-order valence-electron chi connectivity index (χ1n) is 14.6. The Hall–Kier alpha value is -4.05. The maximum Gasteiger partial charge on any atom is 0.148 e. The van der Waals surface area contributed by atoms with Crippen molar-refractivity contribution >= 4 is 50.3 Å². The van der Waals surface area contributed by atoms with E-state index in [-0.39, 0.29) is 11.6 Å². The predicted molar refractivity (Wildman–Crippen MR) is 177 cm³/mol. The maximum absolute atomic E-state index is 14.5. The lowest BCUT2D eigenvalue weighted by Crippen LogP contribution is -2.36. The molecule has 8 rings (SSSR count). The minimum Gasteiger partial charge on any atom is -0.379 e. The molecule has 2 saturated heterocycles. The Balaban J connectivity index is 0.000000137. The van der Waals surface area contributed by atoms with Crippen LogP contribution >= 0.6 is 22.6 Å². The van der Waals surface area contributed by atoms with Crippen LogP contribution in [0.15, 0.2) is 84.9 Å². The molecule has 2 aliphatic heterocycles. The third-order valence-corrected chi connectivity index (χ3v) is 8.10. The first-order chi connectivity index (χ1) is 22.1. The van der Waals surface area contributed by atoms with Crippen LogP contribution in [0, 0.1) is 15.2 Å². The van der Waals surface area contributed by atoms with Crippen molar-refractivity contribution in [2.75, 3.05) is 57.5 Å². The summed E-state index contributed by atoms with van der Waals surface area (Å²) >= 11 is 1.96. The second-order valence-corrected chi connectivity index (χ2v) is 11.3. The molecule has 0 amide bonds. The quantitative estimate of drug-likeness (QED) is 0.250. The van der Waals surface area contributed by atoms with Crippen LogP contribution < -0.4 is 10.2 Å². The molecule has 0 spiro atoms. The Bertz CT molecular complexity index is 1860. The SMILES string of the molecule is C1COCCN1.Fc1cc(-n2nnc3ccccc32)ccc1I.Fc1cc(-n2nnc3ccccc32)ccc1N1CCOCC1. The van der Waals surface area contributed by atoms with E-state index in [1.165, 1.54) is 12.1 Å². The van der Waals surface area contributed by atoms with Crippen LogP contribution in [0.3, 0.4) is 0 Å². The largest absolute Gasteiger partial charge is 0.379 e. The summed E-state index contributed by atoms with van der Waals surface area (Å²) in [5.41, 5.74) is 5.28. The molecule has 4 aromatic carbocycles. The number of nitrogens with one attached hydrogen (secondary N) is 1. The van der Waals surface area contributed by atoms with E-state index in [0.29, 0.717) is 46.9 Å². The molecule has 0 radical (unpaired) electrons. The summed E-state index contributed by atoms with van der Waals surface area (Å²) in [4.78, 5) is 2.00. The molecule has 0 saturated carbocycles. The average Bonchev–Trinajstić information content (AvgIpc) is 3.73. The summed E-state index contributed by atoms with van der Waals surface area (Å²) in [5.74, 6) is -0.498. The number of ether oxygens (including phenoxy) is 2. The van der Waals surface area contributed by atoms with E-state index in [9.17, 15) is 8.78 Å². The van der Waals surface area contributed by atoms with Crippen LogP contribution in [0.4, 0.5) is 14.5 Å². The van der Waals surface area contributed by atoms with E-state index in [2.05, 4.69) is 25.9 Å². The zero-order valence-corrected chi connectivity index (χ0v) is 26.5. The highest BCUT2D eigenvalue weighted by atomic mass is 127. The molecule has 1 N–H and O–H groups in total. The molecule has 6 aromatic rings. The second-order valence-electron chi connectivity index (χ2n) is 10.2. The number of anilines is 1. The highest BCUT2D eigenvalue weighted by molar-refractivity contribution is 14.1. The molecular formula is C32H31F2IN8O2. The second kappa shape index (κ2) is 14.8. The lowest BCUT2D eigenvalue weighted by molar-refractivity contribution is 0.109. The van der Waals surface area contributed by atoms with Crippen LogP contribution in [-0.4, -0.2) is 82.6 Å². The van der Waals surface area contributed by atoms with Gasteiger partial charge in [0.25, 0.3) is 0 Å². The van der Waals surface area contributed by atoms with Crippen LogP contribution in [0.1, 0.15) is 0 Å². The van der Waals surface area contributed by atoms with E-state index in [4.69, 9.17) is 9.47 Å². The molecule has 232 valence electrons. The van der Waals surface area contributed by atoms with Crippen LogP contribution in [0.2, 0.25) is 0 Å². The van der Waals surface area contributed by atoms with Crippen LogP contribution in [0.25, 0.3) is 33.4 Å². The molecule has 0 aliphatic carbocycles. The molecule has 2 aliphatic rings. The fourth-order valence-electron chi connectivity index (χ4n) is 4.94. The van der Waals surface area contributed by atoms with Gasteiger partial charge in [0.2, 0.25) is 0 Å². The lowest BCUT2D eigenvalue weighted by Gasteiger charge is -2.29. The molecule has 2 fully saturated rings. The zero-order chi connectivity index (χ0) is 31.0. The summed E-state index contributed by atoms with van der Waals surface area (Å²) in [5, 5.41) is 19.4. The molecule has 0 atom stereocenters. The van der Waals surface area contributed by atoms with Crippen molar-refractivity contribution in [2.24, 2.45) is 0 Å². The molecule has 4 heterocycles. The number of halogens is 3. The minimum atomic E-state index is -0.251. The monoisotopic (exact) mass is 724 g/mol. The fraction of sp³-hybridized carbons (Fsp3) is 0.250. The van der Waals surface area contributed by atoms with Crippen molar-refractivity contribution in [3.63, 3.8) is 0 Å². The average molecular weight is 725 g/mol. The van der Waals surface area contributed by atoms with Gasteiger partial charge in [-0.25, -0.2) is 18.1 Å². The van der Waals surface area contributed by atoms with Gasteiger partial charge in [0, 0.05) is 41.9 Å². The molecule has 0 unspecified atom stereocenters. The Morgan fingerprint density at radius 2 is 1.18 bits per heavy atom. The highest BCUT2D eigenvalue weighted by Crippen LogP contribution is 2.25. The van der Waals surface area contributed by atoms with Crippen LogP contribution in [-0.2, 0) is 9.47 Å². The van der Waals surface area contributed by atoms with Crippen molar-refractivity contribution in [3.05, 3.63) is 100 Å². The van der Waals surface area contributed by atoms with Crippen LogP contribution in [0.5, 0.6) is 0 Å². The van der Waals surface area contributed by atoms with E-state index in [1.807, 2.05) is 88.2 Å². The Morgan fingerprint density at radius 1 is 0.644 bits per heavy atom. The molecule has 2 aromatic heterocycles. The first kappa shape index (κ1) is 31.0. The van der Waals surface area contributed by atoms with Crippen molar-refractivity contribution in [1.29, 1.82) is 0 Å². The Kier molecular flexibility index (Phi) is 10.2. The summed E-state index contributed by atoms with van der Waals surface area (Å²) < 4.78 is 42.2. The smallest absolute Gasteiger partial charge is 0.148 e. The van der Waals surface area contributed by atoms with E-state index in [0.717, 1.165) is 48.4 Å². The number of fused-ring (bicyclic) bond motifs is 2. The third kappa shape index (κ3) is 7.44. The van der Waals surface area contributed by atoms with Crippen molar-refractivity contribution in [3.8, 4) is 11.4 Å². The normalized spacial score (nSPS) is 14.9. The van der Waals surface area contributed by atoms with Gasteiger partial charge in [0.05, 0.1) is 54.5 Å². The number of morpholine rings is 2. The van der Waals surface area contributed by atoms with Gasteiger partial charge in [-0.15, -0.1) is 10.2 Å². The number of benzene rings is 4. The van der Waals surface area contributed by atoms with Gasteiger partial charge in [-0.2, -0.15) is 0 Å². The number of aromatic nitrogens is 6. The highest BCUT2D eigenvalue weighted by Gasteiger charge is 2.16. The maximum atomic E-state index is 14.5. The number of para-hydroxylation sites is 2. The summed E-state index contributed by atoms with van der Waals surface area (Å²) in [6.07, 6.45) is 0. The fourth-order valence-corrected chi connectivity index (χ4v) is 5.28. The standard InChI is InChI=1S/C16H15FN4O.C12H7FIN3.C4H9NO/c17-13-11-12(5-6-15(13)20-7-9-22-10-8-20)21-16-4-2-1-3-14(16)18-19-21;13-9-7-8(5-6-10(9)14)17-12-4-2-1-3-11(12)15-16-17;1-3-6-4-2-5-1/h1-6,11H,7-10H2;1-7H;5H,1-4H2. The van der Waals surface area contributed by atoms with Gasteiger partial charge in [0.15, 0.2) is 0 Å². The topological polar surface area (TPSA) is 95.1 Å². The molecule has 10 nitrogen and oxygen atoms in total. The Labute approximate surface area is 272 Å². The van der Waals surface area contributed by atoms with E-state index in [1.54, 1.807) is 21.5 Å². The van der Waals surface area contributed by atoms with Gasteiger partial charge < -0.3 is 19.7 Å². The van der Waals surface area contributed by atoms with Crippen molar-refractivity contribution in [2.45, 2.75) is 0 Å². The Morgan fingerprint density at radius 3 is 1.69 bits per heavy atom. The molecular weight excluding hydrogens is 693 g/mol. The number of hydrogen-bond donors (Lipinski definition) is 1. The van der Waals surface area contributed by atoms with Gasteiger partial charge in [-0.3, -0.25) is 0 Å². The number of rotatable bonds is 3. The molecule has 0 bridgehead atoms. The van der Waals surface area contributed by atoms with Gasteiger partial charge in [-0.05, 0) is 71.1 Å².